The summed E-state index contributed by atoms with van der Waals surface area (Å²) in [6.45, 7) is 1.39. The molecule has 2 aromatic heterocycles. The summed E-state index contributed by atoms with van der Waals surface area (Å²) in [7, 11) is 0. The van der Waals surface area contributed by atoms with Gasteiger partial charge in [-0.15, -0.1) is 11.3 Å². The van der Waals surface area contributed by atoms with Crippen LogP contribution in [0.4, 0.5) is 5.95 Å². The van der Waals surface area contributed by atoms with Crippen LogP contribution in [-0.2, 0) is 4.79 Å². The Balaban J connectivity index is 1.91. The number of amides is 1. The molecule has 0 unspecified atom stereocenters. The molecule has 94 valence electrons. The number of fused-ring (bicyclic) bond motifs is 1. The molecule has 3 rings (SSSR count). The van der Waals surface area contributed by atoms with E-state index in [4.69, 9.17) is 5.73 Å². The summed E-state index contributed by atoms with van der Waals surface area (Å²) in [6, 6.07) is 0. The van der Waals surface area contributed by atoms with Crippen molar-refractivity contribution in [3.63, 3.8) is 0 Å². The van der Waals surface area contributed by atoms with Gasteiger partial charge in [0.15, 0.2) is 0 Å². The first-order valence-electron chi connectivity index (χ1n) is 5.59. The van der Waals surface area contributed by atoms with E-state index in [0.717, 1.165) is 27.7 Å². The van der Waals surface area contributed by atoms with Crippen LogP contribution in [0.2, 0.25) is 0 Å². The molecule has 1 atom stereocenters. The van der Waals surface area contributed by atoms with Gasteiger partial charge in [0.2, 0.25) is 11.9 Å². The predicted molar refractivity (Wildman–Crippen MR) is 74.6 cm³/mol. The Morgan fingerprint density at radius 3 is 3.17 bits per heavy atom. The zero-order chi connectivity index (χ0) is 12.7. The minimum Gasteiger partial charge on any atom is -0.369 e. The number of primary amides is 1. The van der Waals surface area contributed by atoms with Crippen LogP contribution < -0.4 is 10.6 Å². The molecule has 0 radical (unpaired) electrons. The van der Waals surface area contributed by atoms with E-state index in [2.05, 4.69) is 25.9 Å². The molecule has 0 aliphatic carbocycles. The van der Waals surface area contributed by atoms with Crippen LogP contribution >= 0.6 is 27.3 Å². The Labute approximate surface area is 116 Å². The van der Waals surface area contributed by atoms with Gasteiger partial charge in [-0.2, -0.15) is 0 Å². The van der Waals surface area contributed by atoms with Gasteiger partial charge in [0.25, 0.3) is 0 Å². The number of rotatable bonds is 2. The molecule has 1 saturated heterocycles. The lowest BCUT2D eigenvalue weighted by molar-refractivity contribution is -0.121. The van der Waals surface area contributed by atoms with Crippen molar-refractivity contribution in [1.82, 2.24) is 9.97 Å². The number of nitrogens with two attached hydrogens (primary N) is 1. The normalized spacial score (nSPS) is 19.6. The maximum Gasteiger partial charge on any atom is 0.225 e. The largest absolute Gasteiger partial charge is 0.369 e. The highest BCUT2D eigenvalue weighted by Crippen LogP contribution is 2.30. The van der Waals surface area contributed by atoms with Crippen molar-refractivity contribution in [2.24, 2.45) is 11.7 Å². The predicted octanol–water partition coefficient (Wildman–Crippen LogP) is 1.77. The lowest BCUT2D eigenvalue weighted by Gasteiger charge is -2.15. The van der Waals surface area contributed by atoms with Gasteiger partial charge in [-0.1, -0.05) is 0 Å². The van der Waals surface area contributed by atoms with Crippen molar-refractivity contribution in [2.45, 2.75) is 6.42 Å². The molecular weight excluding hydrogens is 316 g/mol. The summed E-state index contributed by atoms with van der Waals surface area (Å²) in [5, 5.41) is 2.00. The van der Waals surface area contributed by atoms with E-state index in [0.29, 0.717) is 12.5 Å². The standard InChI is InChI=1S/C11H11BrN4OS/c12-7-5-18-8-3-14-11(15-9(7)8)16-2-1-6(4-16)10(13)17/h3,5-6H,1-2,4H2,(H2,13,17)/t6-/m0/s1. The van der Waals surface area contributed by atoms with E-state index in [1.54, 1.807) is 11.3 Å². The van der Waals surface area contributed by atoms with E-state index in [1.807, 2.05) is 16.5 Å². The highest BCUT2D eigenvalue weighted by atomic mass is 79.9. The van der Waals surface area contributed by atoms with Gasteiger partial charge in [0, 0.05) is 18.5 Å². The number of aromatic nitrogens is 2. The number of hydrogen-bond acceptors (Lipinski definition) is 5. The van der Waals surface area contributed by atoms with Gasteiger partial charge in [-0.05, 0) is 22.4 Å². The third-order valence-corrected chi connectivity index (χ3v) is 4.95. The molecular formula is C11H11BrN4OS. The smallest absolute Gasteiger partial charge is 0.225 e. The maximum absolute atomic E-state index is 11.2. The molecule has 1 fully saturated rings. The van der Waals surface area contributed by atoms with Crippen LogP contribution in [0.25, 0.3) is 10.2 Å². The van der Waals surface area contributed by atoms with Crippen LogP contribution in [0.5, 0.6) is 0 Å². The monoisotopic (exact) mass is 326 g/mol. The lowest BCUT2D eigenvalue weighted by atomic mass is 10.1. The molecule has 0 spiro atoms. The summed E-state index contributed by atoms with van der Waals surface area (Å²) < 4.78 is 2.04. The lowest BCUT2D eigenvalue weighted by Crippen LogP contribution is -2.28. The average Bonchev–Trinajstić information content (AvgIpc) is 2.96. The van der Waals surface area contributed by atoms with Gasteiger partial charge in [0.1, 0.15) is 5.52 Å². The zero-order valence-corrected chi connectivity index (χ0v) is 11.9. The van der Waals surface area contributed by atoms with Gasteiger partial charge in [-0.3, -0.25) is 4.79 Å². The molecule has 1 aliphatic rings. The number of nitrogens with zero attached hydrogens (tertiary/aromatic N) is 3. The Morgan fingerprint density at radius 1 is 1.61 bits per heavy atom. The molecule has 18 heavy (non-hydrogen) atoms. The summed E-state index contributed by atoms with van der Waals surface area (Å²) in [6.07, 6.45) is 2.60. The zero-order valence-electron chi connectivity index (χ0n) is 9.47. The molecule has 0 bridgehead atoms. The van der Waals surface area contributed by atoms with Crippen molar-refractivity contribution in [3.05, 3.63) is 16.0 Å². The number of halogens is 1. The van der Waals surface area contributed by atoms with Crippen LogP contribution in [0.15, 0.2) is 16.0 Å². The maximum atomic E-state index is 11.2. The summed E-state index contributed by atoms with van der Waals surface area (Å²) >= 11 is 5.08. The second-order valence-corrected chi connectivity index (χ2v) is 6.07. The van der Waals surface area contributed by atoms with E-state index in [-0.39, 0.29) is 11.8 Å². The quantitative estimate of drug-likeness (QED) is 0.912. The average molecular weight is 327 g/mol. The Kier molecular flexibility index (Phi) is 2.95. The van der Waals surface area contributed by atoms with Gasteiger partial charge in [-0.25, -0.2) is 9.97 Å². The van der Waals surface area contributed by atoms with E-state index in [9.17, 15) is 4.79 Å². The Hall–Kier alpha value is -1.21. The number of hydrogen-bond donors (Lipinski definition) is 1. The number of thiophene rings is 1. The van der Waals surface area contributed by atoms with Gasteiger partial charge >= 0.3 is 0 Å². The van der Waals surface area contributed by atoms with Crippen LogP contribution in [-0.4, -0.2) is 29.0 Å². The first kappa shape index (κ1) is 11.9. The summed E-state index contributed by atoms with van der Waals surface area (Å²) in [5.41, 5.74) is 6.25. The fraction of sp³-hybridized carbons (Fsp3) is 0.364. The van der Waals surface area contributed by atoms with Crippen molar-refractivity contribution < 1.29 is 4.79 Å². The molecule has 1 aliphatic heterocycles. The van der Waals surface area contributed by atoms with Gasteiger partial charge < -0.3 is 10.6 Å². The molecule has 0 saturated carbocycles. The Bertz CT molecular complexity index is 614. The second-order valence-electron chi connectivity index (χ2n) is 4.30. The molecule has 5 nitrogen and oxygen atoms in total. The Morgan fingerprint density at radius 2 is 2.44 bits per heavy atom. The van der Waals surface area contributed by atoms with Crippen molar-refractivity contribution in [1.29, 1.82) is 0 Å². The minimum atomic E-state index is -0.240. The van der Waals surface area contributed by atoms with E-state index >= 15 is 0 Å². The third kappa shape index (κ3) is 1.97. The fourth-order valence-corrected chi connectivity index (χ4v) is 3.55. The molecule has 0 aromatic carbocycles. The van der Waals surface area contributed by atoms with E-state index < -0.39 is 0 Å². The molecule has 7 heteroatoms. The third-order valence-electron chi connectivity index (χ3n) is 3.13. The van der Waals surface area contributed by atoms with Crippen LogP contribution in [0.3, 0.4) is 0 Å². The van der Waals surface area contributed by atoms with Crippen molar-refractivity contribution >= 4 is 49.3 Å². The van der Waals surface area contributed by atoms with Gasteiger partial charge in [0.05, 0.1) is 21.3 Å². The van der Waals surface area contributed by atoms with Crippen molar-refractivity contribution in [3.8, 4) is 0 Å². The molecule has 2 N–H and O–H groups in total. The van der Waals surface area contributed by atoms with Crippen molar-refractivity contribution in [2.75, 3.05) is 18.0 Å². The summed E-state index contributed by atoms with van der Waals surface area (Å²) in [4.78, 5) is 22.1. The first-order chi connectivity index (χ1) is 8.65. The van der Waals surface area contributed by atoms with E-state index in [1.165, 1.54) is 0 Å². The summed E-state index contributed by atoms with van der Waals surface area (Å²) in [5.74, 6) is 0.343. The first-order valence-corrected chi connectivity index (χ1v) is 7.26. The number of anilines is 1. The highest BCUT2D eigenvalue weighted by Gasteiger charge is 2.28. The molecule has 3 heterocycles. The minimum absolute atomic E-state index is 0.0878. The van der Waals surface area contributed by atoms with Crippen LogP contribution in [0, 0.1) is 5.92 Å². The molecule has 2 aromatic rings. The number of carbonyl (C=O) groups excluding carboxylic acids is 1. The number of carbonyl (C=O) groups is 1. The second kappa shape index (κ2) is 4.47. The highest BCUT2D eigenvalue weighted by molar-refractivity contribution is 9.10. The SMILES string of the molecule is NC(=O)[C@H]1CCN(c2ncc3scc(Br)c3n2)C1. The fourth-order valence-electron chi connectivity index (χ4n) is 2.12. The van der Waals surface area contributed by atoms with Crippen LogP contribution in [0.1, 0.15) is 6.42 Å². The topological polar surface area (TPSA) is 72.1 Å². The molecule has 1 amide bonds.